The average molecular weight is 303 g/mol. The fourth-order valence-corrected chi connectivity index (χ4v) is 2.99. The van der Waals surface area contributed by atoms with Crippen molar-refractivity contribution in [3.63, 3.8) is 0 Å². The van der Waals surface area contributed by atoms with Crippen LogP contribution in [0.2, 0.25) is 5.02 Å². The van der Waals surface area contributed by atoms with Gasteiger partial charge in [0.05, 0.1) is 5.69 Å². The molecule has 108 valence electrons. The molecular weight excluding hydrogens is 288 g/mol. The molecule has 1 aromatic heterocycles. The van der Waals surface area contributed by atoms with E-state index < -0.39 is 5.63 Å². The summed E-state index contributed by atoms with van der Waals surface area (Å²) < 4.78 is 5.23. The minimum Gasteiger partial charge on any atom is -0.422 e. The van der Waals surface area contributed by atoms with E-state index in [-0.39, 0.29) is 5.56 Å². The summed E-state index contributed by atoms with van der Waals surface area (Å²) in [5, 5.41) is 10.6. The van der Waals surface area contributed by atoms with Crippen LogP contribution in [0.5, 0.6) is 0 Å². The van der Waals surface area contributed by atoms with Crippen molar-refractivity contribution in [3.8, 4) is 6.07 Å². The fourth-order valence-electron chi connectivity index (χ4n) is 2.82. The zero-order valence-corrected chi connectivity index (χ0v) is 12.5. The van der Waals surface area contributed by atoms with Crippen LogP contribution in [-0.4, -0.2) is 13.1 Å². The molecule has 0 spiro atoms. The van der Waals surface area contributed by atoms with Crippen molar-refractivity contribution in [1.29, 1.82) is 5.26 Å². The van der Waals surface area contributed by atoms with Crippen LogP contribution in [-0.2, 0) is 0 Å². The standard InChI is InChI=1S/C16H15ClN2O2/c1-10-4-6-19(7-5-10)15-12-8-11(17)2-3-14(12)21-16(20)13(15)9-18/h2-3,8,10H,4-7H2,1H3. The molecule has 0 radical (unpaired) electrons. The largest absolute Gasteiger partial charge is 0.422 e. The number of piperidine rings is 1. The van der Waals surface area contributed by atoms with Gasteiger partial charge in [-0.1, -0.05) is 18.5 Å². The molecule has 0 atom stereocenters. The van der Waals surface area contributed by atoms with Gasteiger partial charge in [0.1, 0.15) is 11.7 Å². The fraction of sp³-hybridized carbons (Fsp3) is 0.375. The van der Waals surface area contributed by atoms with Crippen LogP contribution in [0.15, 0.2) is 27.4 Å². The Hall–Kier alpha value is -1.99. The SMILES string of the molecule is CC1CCN(c2c(C#N)c(=O)oc3ccc(Cl)cc23)CC1. The van der Waals surface area contributed by atoms with E-state index >= 15 is 0 Å². The number of nitriles is 1. The topological polar surface area (TPSA) is 57.2 Å². The highest BCUT2D eigenvalue weighted by Gasteiger charge is 2.23. The zero-order chi connectivity index (χ0) is 15.0. The molecule has 2 aromatic rings. The smallest absolute Gasteiger partial charge is 0.356 e. The number of benzene rings is 1. The van der Waals surface area contributed by atoms with Crippen molar-refractivity contribution in [2.24, 2.45) is 5.92 Å². The number of fused-ring (bicyclic) bond motifs is 1. The lowest BCUT2D eigenvalue weighted by atomic mass is 9.97. The van der Waals surface area contributed by atoms with Gasteiger partial charge in [-0.2, -0.15) is 5.26 Å². The normalized spacial score (nSPS) is 16.1. The highest BCUT2D eigenvalue weighted by Crippen LogP contribution is 2.33. The van der Waals surface area contributed by atoms with Crippen LogP contribution in [0.1, 0.15) is 25.3 Å². The van der Waals surface area contributed by atoms with Crippen LogP contribution < -0.4 is 10.5 Å². The van der Waals surface area contributed by atoms with Gasteiger partial charge in [-0.3, -0.25) is 0 Å². The molecule has 4 nitrogen and oxygen atoms in total. The van der Waals surface area contributed by atoms with Gasteiger partial charge in [0.15, 0.2) is 5.56 Å². The van der Waals surface area contributed by atoms with E-state index in [1.165, 1.54) is 0 Å². The van der Waals surface area contributed by atoms with E-state index in [9.17, 15) is 10.1 Å². The van der Waals surface area contributed by atoms with E-state index in [1.807, 2.05) is 6.07 Å². The highest BCUT2D eigenvalue weighted by atomic mass is 35.5. The maximum absolute atomic E-state index is 12.0. The Morgan fingerprint density at radius 3 is 2.76 bits per heavy atom. The average Bonchev–Trinajstić information content (AvgIpc) is 2.47. The molecule has 21 heavy (non-hydrogen) atoms. The summed E-state index contributed by atoms with van der Waals surface area (Å²) in [6.07, 6.45) is 2.10. The van der Waals surface area contributed by atoms with Gasteiger partial charge in [0.2, 0.25) is 0 Å². The summed E-state index contributed by atoms with van der Waals surface area (Å²) in [5.41, 5.74) is 0.621. The lowest BCUT2D eigenvalue weighted by molar-refractivity contribution is 0.438. The molecule has 1 fully saturated rings. The van der Waals surface area contributed by atoms with Gasteiger partial charge < -0.3 is 9.32 Å². The third-order valence-electron chi connectivity index (χ3n) is 4.05. The molecule has 0 aliphatic carbocycles. The maximum Gasteiger partial charge on any atom is 0.356 e. The number of hydrogen-bond acceptors (Lipinski definition) is 4. The van der Waals surface area contributed by atoms with Gasteiger partial charge in [-0.15, -0.1) is 0 Å². The van der Waals surface area contributed by atoms with Crippen LogP contribution in [0.3, 0.4) is 0 Å². The summed E-state index contributed by atoms with van der Waals surface area (Å²) in [7, 11) is 0. The molecule has 0 amide bonds. The Balaban J connectivity index is 2.25. The lowest BCUT2D eigenvalue weighted by Crippen LogP contribution is -2.34. The molecule has 3 rings (SSSR count). The predicted octanol–water partition coefficient (Wildman–Crippen LogP) is 3.55. The molecule has 1 aliphatic heterocycles. The van der Waals surface area contributed by atoms with E-state index in [0.29, 0.717) is 22.2 Å². The van der Waals surface area contributed by atoms with Crippen molar-refractivity contribution in [2.75, 3.05) is 18.0 Å². The highest BCUT2D eigenvalue weighted by molar-refractivity contribution is 6.31. The second kappa shape index (κ2) is 5.42. The van der Waals surface area contributed by atoms with Crippen LogP contribution in [0.4, 0.5) is 5.69 Å². The van der Waals surface area contributed by atoms with Gasteiger partial charge in [0, 0.05) is 23.5 Å². The lowest BCUT2D eigenvalue weighted by Gasteiger charge is -2.33. The van der Waals surface area contributed by atoms with Crippen molar-refractivity contribution in [2.45, 2.75) is 19.8 Å². The van der Waals surface area contributed by atoms with Crippen LogP contribution in [0, 0.1) is 17.2 Å². The van der Waals surface area contributed by atoms with Crippen molar-refractivity contribution in [3.05, 3.63) is 39.2 Å². The summed E-state index contributed by atoms with van der Waals surface area (Å²) in [5.74, 6) is 0.668. The van der Waals surface area contributed by atoms with E-state index in [4.69, 9.17) is 16.0 Å². The van der Waals surface area contributed by atoms with Crippen LogP contribution in [0.25, 0.3) is 11.0 Å². The Bertz CT molecular complexity index is 783. The van der Waals surface area contributed by atoms with E-state index in [2.05, 4.69) is 11.8 Å². The number of rotatable bonds is 1. The summed E-state index contributed by atoms with van der Waals surface area (Å²) in [6, 6.07) is 7.11. The molecule has 1 saturated heterocycles. The molecule has 2 heterocycles. The molecular formula is C16H15ClN2O2. The first-order chi connectivity index (χ1) is 10.1. The second-order valence-electron chi connectivity index (χ2n) is 5.53. The Morgan fingerprint density at radius 1 is 1.38 bits per heavy atom. The third-order valence-corrected chi connectivity index (χ3v) is 4.29. The molecule has 0 saturated carbocycles. The van der Waals surface area contributed by atoms with Gasteiger partial charge in [-0.25, -0.2) is 4.79 Å². The predicted molar refractivity (Wildman–Crippen MR) is 82.8 cm³/mol. The quantitative estimate of drug-likeness (QED) is 0.756. The van der Waals surface area contributed by atoms with Gasteiger partial charge >= 0.3 is 5.63 Å². The molecule has 0 bridgehead atoms. The first-order valence-electron chi connectivity index (χ1n) is 7.01. The first-order valence-corrected chi connectivity index (χ1v) is 7.39. The molecule has 1 aliphatic rings. The monoisotopic (exact) mass is 302 g/mol. The zero-order valence-electron chi connectivity index (χ0n) is 11.7. The second-order valence-corrected chi connectivity index (χ2v) is 5.97. The van der Waals surface area contributed by atoms with E-state index in [0.717, 1.165) is 31.3 Å². The third kappa shape index (κ3) is 2.50. The molecule has 5 heteroatoms. The van der Waals surface area contributed by atoms with Crippen molar-refractivity contribution >= 4 is 28.3 Å². The Kier molecular flexibility index (Phi) is 3.60. The van der Waals surface area contributed by atoms with Crippen LogP contribution >= 0.6 is 11.6 Å². The Labute approximate surface area is 127 Å². The molecule has 0 N–H and O–H groups in total. The summed E-state index contributed by atoms with van der Waals surface area (Å²) in [4.78, 5) is 14.1. The Morgan fingerprint density at radius 2 is 2.10 bits per heavy atom. The minimum atomic E-state index is -0.582. The number of nitrogens with zero attached hydrogens (tertiary/aromatic N) is 2. The van der Waals surface area contributed by atoms with Gasteiger partial charge in [-0.05, 0) is 37.0 Å². The molecule has 0 unspecified atom stereocenters. The number of anilines is 1. The van der Waals surface area contributed by atoms with E-state index in [1.54, 1.807) is 18.2 Å². The first kappa shape index (κ1) is 14.0. The van der Waals surface area contributed by atoms with Crippen molar-refractivity contribution < 1.29 is 4.42 Å². The number of halogens is 1. The van der Waals surface area contributed by atoms with Crippen molar-refractivity contribution in [1.82, 2.24) is 0 Å². The maximum atomic E-state index is 12.0. The summed E-state index contributed by atoms with van der Waals surface area (Å²) >= 11 is 6.07. The minimum absolute atomic E-state index is 0.0688. The number of hydrogen-bond donors (Lipinski definition) is 0. The molecule has 1 aromatic carbocycles. The van der Waals surface area contributed by atoms with Gasteiger partial charge in [0.25, 0.3) is 0 Å². The summed E-state index contributed by atoms with van der Waals surface area (Å²) in [6.45, 7) is 3.89.